The van der Waals surface area contributed by atoms with Crippen molar-refractivity contribution < 1.29 is 14.4 Å². The highest BCUT2D eigenvalue weighted by molar-refractivity contribution is 6.06. The van der Waals surface area contributed by atoms with Gasteiger partial charge >= 0.3 is 6.03 Å². The fourth-order valence-corrected chi connectivity index (χ4v) is 3.54. The van der Waals surface area contributed by atoms with Crippen molar-refractivity contribution >= 4 is 17.8 Å². The zero-order valence-electron chi connectivity index (χ0n) is 14.6. The summed E-state index contributed by atoms with van der Waals surface area (Å²) in [7, 11) is 0. The fraction of sp³-hybridized carbons (Fsp3) is 0.824. The molecular weight excluding hydrogens is 294 g/mol. The summed E-state index contributed by atoms with van der Waals surface area (Å²) in [6.07, 6.45) is 3.86. The van der Waals surface area contributed by atoms with Gasteiger partial charge in [-0.2, -0.15) is 0 Å². The van der Waals surface area contributed by atoms with E-state index in [1.807, 2.05) is 13.8 Å². The van der Waals surface area contributed by atoms with Crippen molar-refractivity contribution in [3.63, 3.8) is 0 Å². The minimum absolute atomic E-state index is 0.137. The monoisotopic (exact) mass is 323 g/mol. The smallest absolute Gasteiger partial charge is 0.325 e. The second-order valence-electron chi connectivity index (χ2n) is 7.50. The van der Waals surface area contributed by atoms with E-state index in [0.717, 1.165) is 17.7 Å². The van der Waals surface area contributed by atoms with Crippen LogP contribution in [0, 0.1) is 17.8 Å². The number of hydrogen-bond acceptors (Lipinski definition) is 3. The third-order valence-electron chi connectivity index (χ3n) is 5.17. The number of urea groups is 1. The summed E-state index contributed by atoms with van der Waals surface area (Å²) >= 11 is 0. The third kappa shape index (κ3) is 4.24. The lowest BCUT2D eigenvalue weighted by atomic mass is 9.78. The highest BCUT2D eigenvalue weighted by Crippen LogP contribution is 2.29. The van der Waals surface area contributed by atoms with Crippen LogP contribution in [0.1, 0.15) is 53.4 Å². The van der Waals surface area contributed by atoms with Crippen LogP contribution in [-0.4, -0.2) is 41.4 Å². The first-order valence-electron chi connectivity index (χ1n) is 8.70. The molecular formula is C17H29N3O3. The predicted molar refractivity (Wildman–Crippen MR) is 87.6 cm³/mol. The number of hydrogen-bond donors (Lipinski definition) is 2. The SMILES string of the molecule is CC(C)C[C@@H]1NC(=O)N(CC(=O)N[C@H]2CCC[C@H](C)[C@H]2C)C1=O. The molecule has 1 saturated carbocycles. The standard InChI is InChI=1S/C17H29N3O3/c1-10(2)8-14-16(22)20(17(23)19-14)9-15(21)18-13-7-5-6-11(3)12(13)4/h10-14H,5-9H2,1-4H3,(H,18,21)(H,19,23)/t11-,12+,13-,14-/m0/s1. The average Bonchev–Trinajstić information content (AvgIpc) is 2.71. The van der Waals surface area contributed by atoms with E-state index >= 15 is 0 Å². The molecule has 0 unspecified atom stereocenters. The minimum Gasteiger partial charge on any atom is -0.352 e. The molecule has 1 aliphatic carbocycles. The van der Waals surface area contributed by atoms with Gasteiger partial charge in [-0.25, -0.2) is 4.79 Å². The van der Waals surface area contributed by atoms with Gasteiger partial charge in [0.2, 0.25) is 5.91 Å². The molecule has 0 radical (unpaired) electrons. The van der Waals surface area contributed by atoms with Crippen molar-refractivity contribution in [3.05, 3.63) is 0 Å². The van der Waals surface area contributed by atoms with Gasteiger partial charge in [-0.3, -0.25) is 14.5 Å². The Labute approximate surface area is 138 Å². The largest absolute Gasteiger partial charge is 0.352 e. The Bertz CT molecular complexity index is 478. The first kappa shape index (κ1) is 17.8. The van der Waals surface area contributed by atoms with Crippen molar-refractivity contribution in [2.24, 2.45) is 17.8 Å². The molecule has 4 amide bonds. The van der Waals surface area contributed by atoms with Gasteiger partial charge in [0, 0.05) is 6.04 Å². The summed E-state index contributed by atoms with van der Waals surface area (Å²) in [4.78, 5) is 37.5. The Hall–Kier alpha value is -1.59. The molecule has 0 aromatic carbocycles. The lowest BCUT2D eigenvalue weighted by Crippen LogP contribution is -2.48. The maximum atomic E-state index is 12.3. The molecule has 0 bridgehead atoms. The number of nitrogens with zero attached hydrogens (tertiary/aromatic N) is 1. The lowest BCUT2D eigenvalue weighted by molar-refractivity contribution is -0.133. The Morgan fingerprint density at radius 3 is 2.65 bits per heavy atom. The molecule has 130 valence electrons. The zero-order chi connectivity index (χ0) is 17.1. The number of nitrogens with one attached hydrogen (secondary N) is 2. The quantitative estimate of drug-likeness (QED) is 0.758. The molecule has 1 aliphatic heterocycles. The third-order valence-corrected chi connectivity index (χ3v) is 5.17. The van der Waals surface area contributed by atoms with Gasteiger partial charge in [0.1, 0.15) is 12.6 Å². The molecule has 1 saturated heterocycles. The van der Waals surface area contributed by atoms with Crippen molar-refractivity contribution in [2.45, 2.75) is 65.5 Å². The van der Waals surface area contributed by atoms with Crippen molar-refractivity contribution in [3.8, 4) is 0 Å². The second-order valence-corrected chi connectivity index (χ2v) is 7.50. The number of carbonyl (C=O) groups is 3. The maximum absolute atomic E-state index is 12.3. The Balaban J connectivity index is 1.89. The molecule has 2 aliphatic rings. The van der Waals surface area contributed by atoms with Crippen molar-refractivity contribution in [2.75, 3.05) is 6.54 Å². The highest BCUT2D eigenvalue weighted by atomic mass is 16.2. The van der Waals surface area contributed by atoms with Gasteiger partial charge in [0.25, 0.3) is 5.91 Å². The van der Waals surface area contributed by atoms with E-state index in [-0.39, 0.29) is 24.4 Å². The van der Waals surface area contributed by atoms with E-state index in [1.165, 1.54) is 6.42 Å². The van der Waals surface area contributed by atoms with Crippen LogP contribution in [-0.2, 0) is 9.59 Å². The Morgan fingerprint density at radius 2 is 2.00 bits per heavy atom. The van der Waals surface area contributed by atoms with Crippen molar-refractivity contribution in [1.29, 1.82) is 0 Å². The summed E-state index contributed by atoms with van der Waals surface area (Å²) < 4.78 is 0. The topological polar surface area (TPSA) is 78.5 Å². The normalized spacial score (nSPS) is 31.4. The molecule has 0 spiro atoms. The summed E-state index contributed by atoms with van der Waals surface area (Å²) in [5.41, 5.74) is 0. The van der Waals surface area contributed by atoms with Crippen LogP contribution in [0.3, 0.4) is 0 Å². The molecule has 23 heavy (non-hydrogen) atoms. The van der Waals surface area contributed by atoms with Gasteiger partial charge in [-0.1, -0.05) is 40.5 Å². The Kier molecular flexibility index (Phi) is 5.65. The Morgan fingerprint density at radius 1 is 1.30 bits per heavy atom. The molecule has 6 nitrogen and oxygen atoms in total. The zero-order valence-corrected chi connectivity index (χ0v) is 14.6. The van der Waals surface area contributed by atoms with Crippen LogP contribution in [0.15, 0.2) is 0 Å². The van der Waals surface area contributed by atoms with Crippen LogP contribution < -0.4 is 10.6 Å². The number of amides is 4. The van der Waals surface area contributed by atoms with Gasteiger partial charge in [0.05, 0.1) is 0 Å². The highest BCUT2D eigenvalue weighted by Gasteiger charge is 2.39. The molecule has 0 aromatic rings. The van der Waals surface area contributed by atoms with Crippen LogP contribution in [0.5, 0.6) is 0 Å². The summed E-state index contributed by atoms with van der Waals surface area (Å²) in [5, 5.41) is 5.68. The van der Waals surface area contributed by atoms with Crippen LogP contribution in [0.4, 0.5) is 4.79 Å². The van der Waals surface area contributed by atoms with Crippen LogP contribution >= 0.6 is 0 Å². The first-order chi connectivity index (χ1) is 10.8. The van der Waals surface area contributed by atoms with Crippen molar-refractivity contribution in [1.82, 2.24) is 15.5 Å². The van der Waals surface area contributed by atoms with Crippen LogP contribution in [0.25, 0.3) is 0 Å². The number of rotatable bonds is 5. The molecule has 2 fully saturated rings. The van der Waals surface area contributed by atoms with E-state index in [9.17, 15) is 14.4 Å². The molecule has 0 aromatic heterocycles. The van der Waals surface area contributed by atoms with E-state index in [4.69, 9.17) is 0 Å². The van der Waals surface area contributed by atoms with Gasteiger partial charge in [0.15, 0.2) is 0 Å². The fourth-order valence-electron chi connectivity index (χ4n) is 3.54. The van der Waals surface area contributed by atoms with E-state index in [1.54, 1.807) is 0 Å². The van der Waals surface area contributed by atoms with E-state index in [2.05, 4.69) is 24.5 Å². The molecule has 1 heterocycles. The summed E-state index contributed by atoms with van der Waals surface area (Å²) in [5.74, 6) is 0.779. The maximum Gasteiger partial charge on any atom is 0.325 e. The van der Waals surface area contributed by atoms with E-state index < -0.39 is 12.1 Å². The summed E-state index contributed by atoms with van der Waals surface area (Å²) in [6, 6.07) is -0.816. The van der Waals surface area contributed by atoms with Gasteiger partial charge in [-0.15, -0.1) is 0 Å². The molecule has 6 heteroatoms. The number of imide groups is 1. The first-order valence-corrected chi connectivity index (χ1v) is 8.70. The number of carbonyl (C=O) groups excluding carboxylic acids is 3. The molecule has 2 N–H and O–H groups in total. The van der Waals surface area contributed by atoms with Gasteiger partial charge < -0.3 is 10.6 Å². The van der Waals surface area contributed by atoms with Gasteiger partial charge in [-0.05, 0) is 30.6 Å². The average molecular weight is 323 g/mol. The molecule has 2 rings (SSSR count). The lowest BCUT2D eigenvalue weighted by Gasteiger charge is -2.34. The summed E-state index contributed by atoms with van der Waals surface area (Å²) in [6.45, 7) is 8.18. The van der Waals surface area contributed by atoms with Crippen LogP contribution in [0.2, 0.25) is 0 Å². The second kappa shape index (κ2) is 7.32. The van der Waals surface area contributed by atoms with E-state index in [0.29, 0.717) is 24.2 Å². The predicted octanol–water partition coefficient (Wildman–Crippen LogP) is 1.89. The minimum atomic E-state index is -0.496. The molecule has 4 atom stereocenters.